The highest BCUT2D eigenvalue weighted by Gasteiger charge is 2.39. The van der Waals surface area contributed by atoms with Gasteiger partial charge in [-0.05, 0) is 37.8 Å². The number of hydrogen-bond acceptors (Lipinski definition) is 3. The second kappa shape index (κ2) is 5.59. The lowest BCUT2D eigenvalue weighted by atomic mass is 9.89. The number of aromatic nitrogens is 1. The van der Waals surface area contributed by atoms with Crippen molar-refractivity contribution < 1.29 is 9.59 Å². The van der Waals surface area contributed by atoms with E-state index in [1.54, 1.807) is 30.3 Å². The third kappa shape index (κ3) is 2.65. The van der Waals surface area contributed by atoms with Gasteiger partial charge >= 0.3 is 0 Å². The lowest BCUT2D eigenvalue weighted by Gasteiger charge is -2.27. The molecule has 1 aromatic rings. The molecule has 2 fully saturated rings. The van der Waals surface area contributed by atoms with Gasteiger partial charge in [0.15, 0.2) is 0 Å². The SMILES string of the molecule is Cn1cccc(C(=O)N2CCCC3(CCC(=O)N3)CC2)c1=O. The fourth-order valence-electron chi connectivity index (χ4n) is 3.48. The summed E-state index contributed by atoms with van der Waals surface area (Å²) in [6, 6.07) is 3.30. The highest BCUT2D eigenvalue weighted by molar-refractivity contribution is 5.93. The van der Waals surface area contributed by atoms with Crippen molar-refractivity contribution in [3.05, 3.63) is 34.2 Å². The van der Waals surface area contributed by atoms with Crippen LogP contribution in [0.1, 0.15) is 42.5 Å². The summed E-state index contributed by atoms with van der Waals surface area (Å²) in [4.78, 5) is 38.0. The Bertz CT molecular complexity index is 667. The predicted molar refractivity (Wildman–Crippen MR) is 81.5 cm³/mol. The Balaban J connectivity index is 1.76. The second-order valence-corrected chi connectivity index (χ2v) is 6.31. The molecule has 2 amide bonds. The molecule has 0 aliphatic carbocycles. The van der Waals surface area contributed by atoms with E-state index in [9.17, 15) is 14.4 Å². The first-order valence-electron chi connectivity index (χ1n) is 7.77. The lowest BCUT2D eigenvalue weighted by molar-refractivity contribution is -0.119. The molecule has 1 unspecified atom stereocenters. The largest absolute Gasteiger partial charge is 0.351 e. The van der Waals surface area contributed by atoms with Crippen LogP contribution in [0.2, 0.25) is 0 Å². The number of carbonyl (C=O) groups excluding carboxylic acids is 2. The molecule has 1 N–H and O–H groups in total. The van der Waals surface area contributed by atoms with Gasteiger partial charge in [0.2, 0.25) is 5.91 Å². The van der Waals surface area contributed by atoms with E-state index in [-0.39, 0.29) is 28.5 Å². The molecular weight excluding hydrogens is 282 g/mol. The van der Waals surface area contributed by atoms with Crippen LogP contribution in [0.15, 0.2) is 23.1 Å². The van der Waals surface area contributed by atoms with Crippen LogP contribution in [0.25, 0.3) is 0 Å². The zero-order chi connectivity index (χ0) is 15.7. The summed E-state index contributed by atoms with van der Waals surface area (Å²) < 4.78 is 1.42. The fourth-order valence-corrected chi connectivity index (χ4v) is 3.48. The Morgan fingerprint density at radius 3 is 2.77 bits per heavy atom. The first-order valence-corrected chi connectivity index (χ1v) is 7.77. The first-order chi connectivity index (χ1) is 10.5. The smallest absolute Gasteiger partial charge is 0.263 e. The van der Waals surface area contributed by atoms with Crippen LogP contribution in [0.3, 0.4) is 0 Å². The van der Waals surface area contributed by atoms with E-state index < -0.39 is 0 Å². The third-order valence-corrected chi connectivity index (χ3v) is 4.82. The second-order valence-electron chi connectivity index (χ2n) is 6.31. The van der Waals surface area contributed by atoms with E-state index >= 15 is 0 Å². The molecule has 0 aromatic carbocycles. The summed E-state index contributed by atoms with van der Waals surface area (Å²) >= 11 is 0. The molecule has 6 heteroatoms. The average molecular weight is 303 g/mol. The summed E-state index contributed by atoms with van der Waals surface area (Å²) in [5, 5.41) is 3.09. The molecule has 3 rings (SSSR count). The van der Waals surface area contributed by atoms with Crippen molar-refractivity contribution in [2.24, 2.45) is 7.05 Å². The molecule has 1 aromatic heterocycles. The minimum absolute atomic E-state index is 0.108. The number of aryl methyl sites for hydroxylation is 1. The Morgan fingerprint density at radius 2 is 2.05 bits per heavy atom. The normalized spacial score (nSPS) is 25.1. The van der Waals surface area contributed by atoms with Crippen molar-refractivity contribution in [1.82, 2.24) is 14.8 Å². The van der Waals surface area contributed by atoms with Gasteiger partial charge in [-0.15, -0.1) is 0 Å². The minimum atomic E-state index is -0.263. The van der Waals surface area contributed by atoms with E-state index in [1.807, 2.05) is 0 Å². The van der Waals surface area contributed by atoms with Crippen molar-refractivity contribution in [3.8, 4) is 0 Å². The summed E-state index contributed by atoms with van der Waals surface area (Å²) in [5.41, 5.74) is -0.189. The highest BCUT2D eigenvalue weighted by Crippen LogP contribution is 2.31. The maximum atomic E-state index is 12.6. The topological polar surface area (TPSA) is 71.4 Å². The number of nitrogens with one attached hydrogen (secondary N) is 1. The third-order valence-electron chi connectivity index (χ3n) is 4.82. The molecule has 2 aliphatic heterocycles. The number of likely N-dealkylation sites (tertiary alicyclic amines) is 1. The lowest BCUT2D eigenvalue weighted by Crippen LogP contribution is -2.43. The van der Waals surface area contributed by atoms with Crippen LogP contribution in [-0.4, -0.2) is 39.9 Å². The molecule has 3 heterocycles. The number of rotatable bonds is 1. The standard InChI is InChI=1S/C16H21N3O3/c1-18-9-2-4-12(14(18)21)15(22)19-10-3-6-16(8-11-19)7-5-13(20)17-16/h2,4,9H,3,5-8,10-11H2,1H3,(H,17,20). The number of carbonyl (C=O) groups is 2. The van der Waals surface area contributed by atoms with Crippen molar-refractivity contribution in [3.63, 3.8) is 0 Å². The number of pyridine rings is 1. The molecule has 0 saturated carbocycles. The Morgan fingerprint density at radius 1 is 1.23 bits per heavy atom. The van der Waals surface area contributed by atoms with Gasteiger partial charge in [0.1, 0.15) is 5.56 Å². The zero-order valence-electron chi connectivity index (χ0n) is 12.8. The highest BCUT2D eigenvalue weighted by atomic mass is 16.2. The predicted octanol–water partition coefficient (Wildman–Crippen LogP) is 0.660. The van der Waals surface area contributed by atoms with Crippen LogP contribution in [-0.2, 0) is 11.8 Å². The van der Waals surface area contributed by atoms with Gasteiger partial charge in [-0.25, -0.2) is 0 Å². The van der Waals surface area contributed by atoms with Crippen molar-refractivity contribution in [2.45, 2.75) is 37.6 Å². The first kappa shape index (κ1) is 14.8. The number of nitrogens with zero attached hydrogens (tertiary/aromatic N) is 2. The summed E-state index contributed by atoms with van der Waals surface area (Å²) in [7, 11) is 1.64. The zero-order valence-corrected chi connectivity index (χ0v) is 12.8. The Labute approximate surface area is 129 Å². The summed E-state index contributed by atoms with van der Waals surface area (Å²) in [6.45, 7) is 1.21. The monoisotopic (exact) mass is 303 g/mol. The van der Waals surface area contributed by atoms with Crippen LogP contribution in [0.5, 0.6) is 0 Å². The van der Waals surface area contributed by atoms with Gasteiger partial charge in [0.05, 0.1) is 0 Å². The van der Waals surface area contributed by atoms with E-state index in [1.165, 1.54) is 4.57 Å². The molecule has 1 atom stereocenters. The number of hydrogen-bond donors (Lipinski definition) is 1. The van der Waals surface area contributed by atoms with Crippen molar-refractivity contribution in [2.75, 3.05) is 13.1 Å². The maximum absolute atomic E-state index is 12.6. The van der Waals surface area contributed by atoms with Crippen molar-refractivity contribution in [1.29, 1.82) is 0 Å². The summed E-state index contributed by atoms with van der Waals surface area (Å²) in [6.07, 6.45) is 5.57. The fraction of sp³-hybridized carbons (Fsp3) is 0.562. The molecule has 22 heavy (non-hydrogen) atoms. The minimum Gasteiger partial charge on any atom is -0.351 e. The van der Waals surface area contributed by atoms with Gasteiger partial charge in [0, 0.05) is 38.3 Å². The van der Waals surface area contributed by atoms with Crippen molar-refractivity contribution >= 4 is 11.8 Å². The molecule has 2 saturated heterocycles. The van der Waals surface area contributed by atoms with E-state index in [0.717, 1.165) is 25.7 Å². The van der Waals surface area contributed by atoms with Crippen LogP contribution < -0.4 is 10.9 Å². The van der Waals surface area contributed by atoms with Gasteiger partial charge in [-0.2, -0.15) is 0 Å². The molecule has 0 bridgehead atoms. The molecule has 1 spiro atoms. The van der Waals surface area contributed by atoms with Crippen LogP contribution in [0, 0.1) is 0 Å². The summed E-state index contributed by atoms with van der Waals surface area (Å²) in [5.74, 6) is -0.0979. The van der Waals surface area contributed by atoms with Gasteiger partial charge in [-0.1, -0.05) is 0 Å². The molecule has 2 aliphatic rings. The Hall–Kier alpha value is -2.11. The molecule has 0 radical (unpaired) electrons. The molecule has 6 nitrogen and oxygen atoms in total. The van der Waals surface area contributed by atoms with Crippen LogP contribution >= 0.6 is 0 Å². The van der Waals surface area contributed by atoms with E-state index in [0.29, 0.717) is 19.5 Å². The molecular formula is C16H21N3O3. The van der Waals surface area contributed by atoms with E-state index in [4.69, 9.17) is 0 Å². The maximum Gasteiger partial charge on any atom is 0.263 e. The van der Waals surface area contributed by atoms with Crippen LogP contribution in [0.4, 0.5) is 0 Å². The van der Waals surface area contributed by atoms with Gasteiger partial charge in [-0.3, -0.25) is 14.4 Å². The quantitative estimate of drug-likeness (QED) is 0.828. The molecule has 118 valence electrons. The van der Waals surface area contributed by atoms with Gasteiger partial charge < -0.3 is 14.8 Å². The van der Waals surface area contributed by atoms with E-state index in [2.05, 4.69) is 5.32 Å². The van der Waals surface area contributed by atoms with Gasteiger partial charge in [0.25, 0.3) is 11.5 Å². The average Bonchev–Trinajstić information content (AvgIpc) is 2.73. The number of amides is 2. The Kier molecular flexibility index (Phi) is 3.76.